The summed E-state index contributed by atoms with van der Waals surface area (Å²) in [5.74, 6) is -0.918. The minimum atomic E-state index is -0.852. The van der Waals surface area contributed by atoms with Crippen LogP contribution in [0.2, 0.25) is 0 Å². The van der Waals surface area contributed by atoms with Crippen LogP contribution in [-0.2, 0) is 9.59 Å². The van der Waals surface area contributed by atoms with Crippen LogP contribution in [0.4, 0.5) is 5.69 Å². The SMILES string of the molecule is CCN(C(=O)CC1(C(=O)O)CCCC1)c1ccc(C)cc1. The van der Waals surface area contributed by atoms with Crippen LogP contribution in [0.1, 0.15) is 44.6 Å². The fourth-order valence-electron chi connectivity index (χ4n) is 3.13. The zero-order valence-electron chi connectivity index (χ0n) is 12.8. The van der Waals surface area contributed by atoms with Gasteiger partial charge in [-0.05, 0) is 38.8 Å². The lowest BCUT2D eigenvalue weighted by Gasteiger charge is -2.28. The van der Waals surface area contributed by atoms with Crippen LogP contribution >= 0.6 is 0 Å². The van der Waals surface area contributed by atoms with Crippen LogP contribution < -0.4 is 4.90 Å². The Morgan fingerprint density at radius 3 is 2.24 bits per heavy atom. The van der Waals surface area contributed by atoms with Gasteiger partial charge in [-0.2, -0.15) is 0 Å². The molecule has 0 heterocycles. The molecule has 4 nitrogen and oxygen atoms in total. The maximum Gasteiger partial charge on any atom is 0.310 e. The summed E-state index contributed by atoms with van der Waals surface area (Å²) in [4.78, 5) is 25.9. The van der Waals surface area contributed by atoms with Crippen molar-refractivity contribution in [3.05, 3.63) is 29.8 Å². The summed E-state index contributed by atoms with van der Waals surface area (Å²) >= 11 is 0. The lowest BCUT2D eigenvalue weighted by atomic mass is 9.82. The number of carboxylic acids is 1. The highest BCUT2D eigenvalue weighted by molar-refractivity contribution is 5.96. The summed E-state index contributed by atoms with van der Waals surface area (Å²) in [6.07, 6.45) is 3.12. The Labute approximate surface area is 125 Å². The molecule has 0 saturated heterocycles. The van der Waals surface area contributed by atoms with Gasteiger partial charge in [-0.25, -0.2) is 0 Å². The van der Waals surface area contributed by atoms with Gasteiger partial charge in [0, 0.05) is 18.7 Å². The van der Waals surface area contributed by atoms with E-state index in [1.165, 1.54) is 0 Å². The Morgan fingerprint density at radius 1 is 1.19 bits per heavy atom. The van der Waals surface area contributed by atoms with E-state index in [2.05, 4.69) is 0 Å². The van der Waals surface area contributed by atoms with Crippen molar-refractivity contribution in [2.24, 2.45) is 5.41 Å². The van der Waals surface area contributed by atoms with Gasteiger partial charge in [-0.15, -0.1) is 0 Å². The molecule has 1 aromatic carbocycles. The van der Waals surface area contributed by atoms with Crippen LogP contribution in [-0.4, -0.2) is 23.5 Å². The van der Waals surface area contributed by atoms with Gasteiger partial charge in [0.05, 0.1) is 5.41 Å². The molecule has 114 valence electrons. The summed E-state index contributed by atoms with van der Waals surface area (Å²) < 4.78 is 0. The molecule has 0 aliphatic heterocycles. The average molecular weight is 289 g/mol. The second-order valence-electron chi connectivity index (χ2n) is 5.94. The fraction of sp³-hybridized carbons (Fsp3) is 0.529. The Hall–Kier alpha value is -1.84. The first-order chi connectivity index (χ1) is 9.98. The summed E-state index contributed by atoms with van der Waals surface area (Å²) in [5, 5.41) is 9.50. The highest BCUT2D eigenvalue weighted by atomic mass is 16.4. The summed E-state index contributed by atoms with van der Waals surface area (Å²) in [5.41, 5.74) is 1.13. The van der Waals surface area contributed by atoms with E-state index in [0.717, 1.165) is 24.1 Å². The molecule has 1 N–H and O–H groups in total. The monoisotopic (exact) mass is 289 g/mol. The van der Waals surface area contributed by atoms with Crippen molar-refractivity contribution in [3.63, 3.8) is 0 Å². The summed E-state index contributed by atoms with van der Waals surface area (Å²) in [7, 11) is 0. The maximum atomic E-state index is 12.6. The molecule has 1 fully saturated rings. The van der Waals surface area contributed by atoms with E-state index in [1.807, 2.05) is 38.1 Å². The van der Waals surface area contributed by atoms with E-state index in [9.17, 15) is 14.7 Å². The number of hydrogen-bond donors (Lipinski definition) is 1. The average Bonchev–Trinajstić information content (AvgIpc) is 2.91. The Bertz CT molecular complexity index is 515. The number of aliphatic carboxylic acids is 1. The van der Waals surface area contributed by atoms with Crippen molar-refractivity contribution in [2.75, 3.05) is 11.4 Å². The van der Waals surface area contributed by atoms with Gasteiger partial charge >= 0.3 is 5.97 Å². The predicted molar refractivity (Wildman–Crippen MR) is 82.4 cm³/mol. The number of benzene rings is 1. The van der Waals surface area contributed by atoms with Crippen molar-refractivity contribution in [2.45, 2.75) is 46.0 Å². The zero-order chi connectivity index (χ0) is 15.5. The molecule has 0 atom stereocenters. The van der Waals surface area contributed by atoms with Crippen molar-refractivity contribution in [1.82, 2.24) is 0 Å². The second kappa shape index (κ2) is 6.29. The molecular formula is C17H23NO3. The smallest absolute Gasteiger partial charge is 0.310 e. The van der Waals surface area contributed by atoms with E-state index in [4.69, 9.17) is 0 Å². The number of carbonyl (C=O) groups is 2. The van der Waals surface area contributed by atoms with Crippen LogP contribution in [0.15, 0.2) is 24.3 Å². The first-order valence-corrected chi connectivity index (χ1v) is 7.59. The molecule has 0 aromatic heterocycles. The number of hydrogen-bond acceptors (Lipinski definition) is 2. The number of carbonyl (C=O) groups excluding carboxylic acids is 1. The summed E-state index contributed by atoms with van der Waals surface area (Å²) in [6.45, 7) is 4.47. The zero-order valence-corrected chi connectivity index (χ0v) is 12.8. The molecule has 1 aromatic rings. The van der Waals surface area contributed by atoms with Crippen molar-refractivity contribution < 1.29 is 14.7 Å². The molecule has 1 aliphatic rings. The van der Waals surface area contributed by atoms with E-state index < -0.39 is 11.4 Å². The van der Waals surface area contributed by atoms with Gasteiger partial charge in [0.25, 0.3) is 0 Å². The first kappa shape index (κ1) is 15.5. The first-order valence-electron chi connectivity index (χ1n) is 7.59. The van der Waals surface area contributed by atoms with E-state index in [0.29, 0.717) is 19.4 Å². The van der Waals surface area contributed by atoms with Gasteiger partial charge in [-0.1, -0.05) is 30.5 Å². The highest BCUT2D eigenvalue weighted by Crippen LogP contribution is 2.42. The normalized spacial score (nSPS) is 16.7. The fourth-order valence-corrected chi connectivity index (χ4v) is 3.13. The number of rotatable bonds is 5. The molecule has 1 amide bonds. The third-order valence-electron chi connectivity index (χ3n) is 4.47. The van der Waals surface area contributed by atoms with Gasteiger partial charge in [0.1, 0.15) is 0 Å². The number of carboxylic acid groups (broad SMARTS) is 1. The molecule has 1 saturated carbocycles. The predicted octanol–water partition coefficient (Wildman–Crippen LogP) is 3.38. The largest absolute Gasteiger partial charge is 0.481 e. The van der Waals surface area contributed by atoms with Crippen molar-refractivity contribution >= 4 is 17.6 Å². The quantitative estimate of drug-likeness (QED) is 0.904. The molecule has 0 spiro atoms. The number of nitrogens with zero attached hydrogens (tertiary/aromatic N) is 1. The molecular weight excluding hydrogens is 266 g/mol. The van der Waals surface area contributed by atoms with Crippen LogP contribution in [0.3, 0.4) is 0 Å². The van der Waals surface area contributed by atoms with E-state index in [1.54, 1.807) is 4.90 Å². The number of aryl methyl sites for hydroxylation is 1. The lowest BCUT2D eigenvalue weighted by molar-refractivity contribution is -0.151. The molecule has 4 heteroatoms. The number of amides is 1. The summed E-state index contributed by atoms with van der Waals surface area (Å²) in [6, 6.07) is 7.76. The Kier molecular flexibility index (Phi) is 4.66. The topological polar surface area (TPSA) is 57.6 Å². The lowest BCUT2D eigenvalue weighted by Crippen LogP contribution is -2.38. The van der Waals surface area contributed by atoms with Gasteiger partial charge in [-0.3, -0.25) is 9.59 Å². The van der Waals surface area contributed by atoms with Crippen LogP contribution in [0.25, 0.3) is 0 Å². The van der Waals surface area contributed by atoms with Gasteiger partial charge < -0.3 is 10.0 Å². The second-order valence-corrected chi connectivity index (χ2v) is 5.94. The Balaban J connectivity index is 2.16. The maximum absolute atomic E-state index is 12.6. The van der Waals surface area contributed by atoms with Crippen molar-refractivity contribution in [1.29, 1.82) is 0 Å². The molecule has 2 rings (SSSR count). The van der Waals surface area contributed by atoms with Gasteiger partial charge in [0.2, 0.25) is 5.91 Å². The minimum absolute atomic E-state index is 0.0920. The third kappa shape index (κ3) is 3.26. The molecule has 0 unspecified atom stereocenters. The molecule has 0 bridgehead atoms. The standard InChI is InChI=1S/C17H23NO3/c1-3-18(14-8-6-13(2)7-9-14)15(19)12-17(16(20)21)10-4-5-11-17/h6-9H,3-5,10-12H2,1-2H3,(H,20,21). The highest BCUT2D eigenvalue weighted by Gasteiger charge is 2.43. The van der Waals surface area contributed by atoms with Crippen LogP contribution in [0, 0.1) is 12.3 Å². The van der Waals surface area contributed by atoms with E-state index in [-0.39, 0.29) is 12.3 Å². The van der Waals surface area contributed by atoms with Crippen LogP contribution in [0.5, 0.6) is 0 Å². The minimum Gasteiger partial charge on any atom is -0.481 e. The molecule has 21 heavy (non-hydrogen) atoms. The molecule has 1 aliphatic carbocycles. The van der Waals surface area contributed by atoms with Crippen molar-refractivity contribution in [3.8, 4) is 0 Å². The number of anilines is 1. The van der Waals surface area contributed by atoms with E-state index >= 15 is 0 Å². The van der Waals surface area contributed by atoms with Gasteiger partial charge in [0.15, 0.2) is 0 Å². The molecule has 0 radical (unpaired) electrons. The third-order valence-corrected chi connectivity index (χ3v) is 4.47. The Morgan fingerprint density at radius 2 is 1.76 bits per heavy atom.